The topological polar surface area (TPSA) is 34.1 Å². The Kier molecular flexibility index (Phi) is 4.78. The standard InChI is InChI=1S/C27H23ClN2O2/c28-22-10-8-21(9-11-22)27(24-6-2-1-5-23(24)26-29-14-15-30(26)27)32-16-3-4-19-7-12-25-20(18-19)13-17-31-25/h1-12,18H,13-17H2/b4-3+. The molecule has 160 valence electrons. The van der Waals surface area contributed by atoms with E-state index in [0.29, 0.717) is 11.6 Å². The van der Waals surface area contributed by atoms with Crippen LogP contribution in [0.3, 0.4) is 0 Å². The lowest BCUT2D eigenvalue weighted by atomic mass is 9.93. The maximum Gasteiger partial charge on any atom is 0.196 e. The number of benzene rings is 3. The maximum atomic E-state index is 6.76. The van der Waals surface area contributed by atoms with Crippen molar-refractivity contribution in [3.63, 3.8) is 0 Å². The molecule has 0 N–H and O–H groups in total. The molecule has 1 atom stereocenters. The predicted molar refractivity (Wildman–Crippen MR) is 127 cm³/mol. The summed E-state index contributed by atoms with van der Waals surface area (Å²) in [6, 6.07) is 22.7. The van der Waals surface area contributed by atoms with Crippen LogP contribution in [0.1, 0.15) is 27.8 Å². The van der Waals surface area contributed by atoms with E-state index in [1.807, 2.05) is 12.1 Å². The molecule has 32 heavy (non-hydrogen) atoms. The molecular weight excluding hydrogens is 420 g/mol. The molecule has 5 heteroatoms. The zero-order valence-corrected chi connectivity index (χ0v) is 18.4. The summed E-state index contributed by atoms with van der Waals surface area (Å²) in [4.78, 5) is 7.09. The van der Waals surface area contributed by atoms with Crippen LogP contribution in [0.4, 0.5) is 0 Å². The van der Waals surface area contributed by atoms with E-state index >= 15 is 0 Å². The van der Waals surface area contributed by atoms with Gasteiger partial charge in [0.15, 0.2) is 5.72 Å². The third-order valence-corrected chi connectivity index (χ3v) is 6.65. The summed E-state index contributed by atoms with van der Waals surface area (Å²) in [6.07, 6.45) is 5.18. The van der Waals surface area contributed by atoms with Gasteiger partial charge in [0, 0.05) is 34.7 Å². The zero-order valence-electron chi connectivity index (χ0n) is 17.6. The Balaban J connectivity index is 1.35. The molecule has 0 aliphatic carbocycles. The number of amidine groups is 1. The smallest absolute Gasteiger partial charge is 0.196 e. The summed E-state index contributed by atoms with van der Waals surface area (Å²) >= 11 is 6.21. The lowest BCUT2D eigenvalue weighted by Gasteiger charge is -2.38. The molecule has 0 amide bonds. The quantitative estimate of drug-likeness (QED) is 0.539. The summed E-state index contributed by atoms with van der Waals surface area (Å²) in [5.41, 5.74) is 5.05. The van der Waals surface area contributed by atoms with E-state index in [2.05, 4.69) is 71.6 Å². The van der Waals surface area contributed by atoms with Crippen LogP contribution in [0.2, 0.25) is 5.02 Å². The maximum absolute atomic E-state index is 6.76. The Labute approximate surface area is 192 Å². The highest BCUT2D eigenvalue weighted by atomic mass is 35.5. The monoisotopic (exact) mass is 442 g/mol. The Bertz CT molecular complexity index is 1230. The number of fused-ring (bicyclic) bond motifs is 4. The van der Waals surface area contributed by atoms with E-state index in [-0.39, 0.29) is 0 Å². The van der Waals surface area contributed by atoms with E-state index in [0.717, 1.165) is 60.0 Å². The third kappa shape index (κ3) is 3.06. The van der Waals surface area contributed by atoms with E-state index in [1.54, 1.807) is 0 Å². The fraction of sp³-hybridized carbons (Fsp3) is 0.222. The molecule has 3 aromatic carbocycles. The van der Waals surface area contributed by atoms with Crippen molar-refractivity contribution < 1.29 is 9.47 Å². The Morgan fingerprint density at radius 2 is 1.97 bits per heavy atom. The van der Waals surface area contributed by atoms with Gasteiger partial charge in [-0.2, -0.15) is 0 Å². The molecule has 0 aromatic heterocycles. The van der Waals surface area contributed by atoms with Gasteiger partial charge in [0.1, 0.15) is 11.6 Å². The normalized spacial score (nSPS) is 20.8. The fourth-order valence-corrected chi connectivity index (χ4v) is 5.12. The van der Waals surface area contributed by atoms with Crippen molar-refractivity contribution in [1.82, 2.24) is 4.90 Å². The van der Waals surface area contributed by atoms with Crippen LogP contribution in [0.5, 0.6) is 5.75 Å². The minimum atomic E-state index is -0.716. The van der Waals surface area contributed by atoms with E-state index in [1.165, 1.54) is 5.56 Å². The SMILES string of the molecule is Clc1ccc(C2(OC/C=C/c3ccc4c(c3)CCO4)c3ccccc3C3=NCCN32)cc1. The summed E-state index contributed by atoms with van der Waals surface area (Å²) in [5, 5.41) is 0.714. The number of ether oxygens (including phenoxy) is 2. The molecule has 3 aliphatic rings. The Morgan fingerprint density at radius 1 is 1.09 bits per heavy atom. The number of halogens is 1. The first-order chi connectivity index (χ1) is 15.8. The van der Waals surface area contributed by atoms with E-state index in [9.17, 15) is 0 Å². The lowest BCUT2D eigenvalue weighted by Crippen LogP contribution is -2.46. The first-order valence-corrected chi connectivity index (χ1v) is 11.4. The van der Waals surface area contributed by atoms with Crippen molar-refractivity contribution >= 4 is 23.5 Å². The molecule has 0 fully saturated rings. The molecule has 0 spiro atoms. The Hall–Kier alpha value is -3.08. The van der Waals surface area contributed by atoms with Gasteiger partial charge in [-0.3, -0.25) is 4.99 Å². The molecule has 1 unspecified atom stereocenters. The van der Waals surface area contributed by atoms with Crippen LogP contribution in [0.25, 0.3) is 6.08 Å². The van der Waals surface area contributed by atoms with Gasteiger partial charge in [0.2, 0.25) is 0 Å². The lowest BCUT2D eigenvalue weighted by molar-refractivity contribution is -0.0817. The van der Waals surface area contributed by atoms with Crippen molar-refractivity contribution in [2.24, 2.45) is 4.99 Å². The van der Waals surface area contributed by atoms with Gasteiger partial charge < -0.3 is 14.4 Å². The summed E-state index contributed by atoms with van der Waals surface area (Å²) in [5.74, 6) is 2.02. The molecule has 0 bridgehead atoms. The third-order valence-electron chi connectivity index (χ3n) is 6.40. The Morgan fingerprint density at radius 3 is 2.88 bits per heavy atom. The van der Waals surface area contributed by atoms with Crippen LogP contribution >= 0.6 is 11.6 Å². The average molecular weight is 443 g/mol. The molecule has 3 aliphatic heterocycles. The number of nitrogens with zero attached hydrogens (tertiary/aromatic N) is 2. The minimum Gasteiger partial charge on any atom is -0.493 e. The fourth-order valence-electron chi connectivity index (χ4n) is 4.99. The summed E-state index contributed by atoms with van der Waals surface area (Å²) in [7, 11) is 0. The van der Waals surface area contributed by atoms with Gasteiger partial charge in [-0.25, -0.2) is 0 Å². The van der Waals surface area contributed by atoms with Gasteiger partial charge in [0.05, 0.1) is 19.8 Å². The molecule has 0 radical (unpaired) electrons. The highest BCUT2D eigenvalue weighted by Gasteiger charge is 2.51. The molecule has 0 saturated carbocycles. The van der Waals surface area contributed by atoms with Gasteiger partial charge in [-0.15, -0.1) is 0 Å². The van der Waals surface area contributed by atoms with E-state index < -0.39 is 5.72 Å². The second kappa shape index (κ2) is 7.80. The van der Waals surface area contributed by atoms with Crippen molar-refractivity contribution in [3.8, 4) is 5.75 Å². The van der Waals surface area contributed by atoms with Gasteiger partial charge >= 0.3 is 0 Å². The average Bonchev–Trinajstić information content (AvgIpc) is 3.54. The van der Waals surface area contributed by atoms with Crippen LogP contribution in [-0.2, 0) is 16.9 Å². The molecule has 3 heterocycles. The van der Waals surface area contributed by atoms with Gasteiger partial charge in [-0.05, 0) is 35.4 Å². The molecule has 0 saturated heterocycles. The van der Waals surface area contributed by atoms with Crippen molar-refractivity contribution in [2.45, 2.75) is 12.1 Å². The minimum absolute atomic E-state index is 0.467. The number of aliphatic imine (C=N–C) groups is 1. The molecule has 4 nitrogen and oxygen atoms in total. The first kappa shape index (κ1) is 19.6. The molecule has 3 aromatic rings. The molecular formula is C27H23ClN2O2. The highest BCUT2D eigenvalue weighted by molar-refractivity contribution is 6.30. The van der Waals surface area contributed by atoms with Crippen molar-refractivity contribution in [2.75, 3.05) is 26.3 Å². The summed E-state index contributed by atoms with van der Waals surface area (Å²) < 4.78 is 12.4. The van der Waals surface area contributed by atoms with Crippen LogP contribution < -0.4 is 4.74 Å². The summed E-state index contributed by atoms with van der Waals surface area (Å²) in [6.45, 7) is 2.83. The van der Waals surface area contributed by atoms with Crippen LogP contribution in [0.15, 0.2) is 77.8 Å². The molecule has 6 rings (SSSR count). The first-order valence-electron chi connectivity index (χ1n) is 11.0. The largest absolute Gasteiger partial charge is 0.493 e. The highest BCUT2D eigenvalue weighted by Crippen LogP contribution is 2.46. The van der Waals surface area contributed by atoms with Crippen LogP contribution in [-0.4, -0.2) is 37.0 Å². The number of hydrogen-bond donors (Lipinski definition) is 0. The second-order valence-electron chi connectivity index (χ2n) is 8.23. The second-order valence-corrected chi connectivity index (χ2v) is 8.67. The van der Waals surface area contributed by atoms with Gasteiger partial charge in [-0.1, -0.05) is 66.2 Å². The number of hydrogen-bond acceptors (Lipinski definition) is 4. The predicted octanol–water partition coefficient (Wildman–Crippen LogP) is 5.28. The van der Waals surface area contributed by atoms with Crippen molar-refractivity contribution in [1.29, 1.82) is 0 Å². The van der Waals surface area contributed by atoms with E-state index in [4.69, 9.17) is 26.1 Å². The van der Waals surface area contributed by atoms with Crippen LogP contribution in [0, 0.1) is 0 Å². The zero-order chi connectivity index (χ0) is 21.5. The van der Waals surface area contributed by atoms with Gasteiger partial charge in [0.25, 0.3) is 0 Å². The van der Waals surface area contributed by atoms with Crippen molar-refractivity contribution in [3.05, 3.63) is 106 Å². The number of rotatable bonds is 5.